The third kappa shape index (κ3) is 2.18. The maximum atomic E-state index is 12.0. The van der Waals surface area contributed by atoms with E-state index in [9.17, 15) is 9.59 Å². The fraction of sp³-hybridized carbons (Fsp3) is 0.750. The minimum atomic E-state index is -0.721. The van der Waals surface area contributed by atoms with Gasteiger partial charge in [-0.15, -0.1) is 0 Å². The number of imide groups is 1. The van der Waals surface area contributed by atoms with E-state index < -0.39 is 11.4 Å². The first-order valence-electron chi connectivity index (χ1n) is 6.29. The number of nitrogens with zero attached hydrogens (tertiary/aromatic N) is 1. The molecule has 5 heteroatoms. The van der Waals surface area contributed by atoms with Gasteiger partial charge in [0.15, 0.2) is 0 Å². The van der Waals surface area contributed by atoms with E-state index in [1.165, 1.54) is 4.58 Å². The van der Waals surface area contributed by atoms with Crippen LogP contribution in [0.4, 0.5) is 4.79 Å². The third-order valence-electron chi connectivity index (χ3n) is 3.62. The van der Waals surface area contributed by atoms with Crippen LogP contribution in [0.2, 0.25) is 0 Å². The zero-order valence-corrected chi connectivity index (χ0v) is 10.9. The number of hydrogen-bond donors (Lipinski definition) is 2. The Hall–Kier alpha value is -1.39. The van der Waals surface area contributed by atoms with Crippen molar-refractivity contribution in [1.29, 1.82) is 0 Å². The van der Waals surface area contributed by atoms with Gasteiger partial charge in [-0.2, -0.15) is 4.58 Å². The molecule has 1 aliphatic heterocycles. The Bertz CT molecular complexity index is 357. The largest absolute Gasteiger partial charge is 0.443 e. The van der Waals surface area contributed by atoms with Crippen molar-refractivity contribution in [2.45, 2.75) is 46.5 Å². The number of amides is 3. The molecule has 0 atom stereocenters. The van der Waals surface area contributed by atoms with E-state index in [0.29, 0.717) is 25.2 Å². The van der Waals surface area contributed by atoms with Crippen LogP contribution in [0, 0.1) is 5.41 Å². The maximum absolute atomic E-state index is 12.0. The first-order chi connectivity index (χ1) is 8.03. The molecular formula is C12H22N3O2+. The van der Waals surface area contributed by atoms with E-state index in [0.717, 1.165) is 12.8 Å². The summed E-state index contributed by atoms with van der Waals surface area (Å²) in [5, 5.41) is 2.41. The molecule has 5 nitrogen and oxygen atoms in total. The first kappa shape index (κ1) is 13.7. The summed E-state index contributed by atoms with van der Waals surface area (Å²) in [4.78, 5) is 23.7. The molecule has 0 aromatic heterocycles. The van der Waals surface area contributed by atoms with Crippen molar-refractivity contribution in [3.63, 3.8) is 0 Å². The maximum Gasteiger partial charge on any atom is 0.443 e. The summed E-state index contributed by atoms with van der Waals surface area (Å²) in [6.45, 7) is 6.47. The molecule has 0 radical (unpaired) electrons. The molecule has 0 fully saturated rings. The Kier molecular flexibility index (Phi) is 4.26. The van der Waals surface area contributed by atoms with Crippen molar-refractivity contribution in [3.05, 3.63) is 0 Å². The number of amidine groups is 1. The van der Waals surface area contributed by atoms with Gasteiger partial charge in [-0.25, -0.2) is 10.1 Å². The Balaban J connectivity index is 3.18. The third-order valence-corrected chi connectivity index (χ3v) is 3.62. The molecule has 1 aliphatic rings. The van der Waals surface area contributed by atoms with E-state index in [1.807, 2.05) is 13.8 Å². The lowest BCUT2D eigenvalue weighted by Gasteiger charge is -2.30. The van der Waals surface area contributed by atoms with E-state index in [-0.39, 0.29) is 5.91 Å². The van der Waals surface area contributed by atoms with Crippen LogP contribution in [0.5, 0.6) is 0 Å². The van der Waals surface area contributed by atoms with Gasteiger partial charge in [0.2, 0.25) is 5.84 Å². The molecule has 3 N–H and O–H groups in total. The average molecular weight is 240 g/mol. The summed E-state index contributed by atoms with van der Waals surface area (Å²) in [5.74, 6) is 0.141. The predicted octanol–water partition coefficient (Wildman–Crippen LogP) is 1.21. The van der Waals surface area contributed by atoms with Crippen molar-refractivity contribution in [1.82, 2.24) is 5.32 Å². The average Bonchev–Trinajstić information content (AvgIpc) is 2.30. The highest BCUT2D eigenvalue weighted by molar-refractivity contribution is 6.13. The second-order valence-electron chi connectivity index (χ2n) is 4.44. The van der Waals surface area contributed by atoms with Crippen molar-refractivity contribution in [2.24, 2.45) is 11.1 Å². The lowest BCUT2D eigenvalue weighted by atomic mass is 9.79. The molecule has 0 unspecified atom stereocenters. The summed E-state index contributed by atoms with van der Waals surface area (Å²) in [7, 11) is 0. The number of nitrogens with two attached hydrogens (primary N) is 1. The summed E-state index contributed by atoms with van der Waals surface area (Å²) in [6.07, 6.45) is 3.08. The molecule has 0 bridgehead atoms. The molecule has 0 spiro atoms. The zero-order chi connectivity index (χ0) is 13.1. The van der Waals surface area contributed by atoms with Crippen LogP contribution in [0.1, 0.15) is 46.5 Å². The van der Waals surface area contributed by atoms with Gasteiger partial charge < -0.3 is 5.73 Å². The molecule has 3 amide bonds. The van der Waals surface area contributed by atoms with Crippen LogP contribution in [-0.4, -0.2) is 28.9 Å². The second-order valence-corrected chi connectivity index (χ2v) is 4.44. The van der Waals surface area contributed by atoms with Gasteiger partial charge in [0.25, 0.3) is 5.91 Å². The van der Waals surface area contributed by atoms with Gasteiger partial charge in [0.05, 0.1) is 6.54 Å². The number of rotatable bonds is 5. The van der Waals surface area contributed by atoms with E-state index in [1.54, 1.807) is 0 Å². The number of carbonyl (C=O) groups excluding carboxylic acids is 2. The highest BCUT2D eigenvalue weighted by Crippen LogP contribution is 2.29. The van der Waals surface area contributed by atoms with Gasteiger partial charge in [0.1, 0.15) is 5.41 Å². The summed E-state index contributed by atoms with van der Waals surface area (Å²) < 4.78 is 1.51. The first-order valence-corrected chi connectivity index (χ1v) is 6.29. The molecule has 1 rings (SSSR count). The fourth-order valence-corrected chi connectivity index (χ4v) is 2.24. The highest BCUT2D eigenvalue weighted by atomic mass is 16.2. The van der Waals surface area contributed by atoms with E-state index in [2.05, 4.69) is 12.2 Å². The van der Waals surface area contributed by atoms with Crippen molar-refractivity contribution in [2.75, 3.05) is 6.54 Å². The van der Waals surface area contributed by atoms with Crippen LogP contribution < -0.4 is 11.1 Å². The van der Waals surface area contributed by atoms with Gasteiger partial charge >= 0.3 is 6.03 Å². The number of hydrogen-bond acceptors (Lipinski definition) is 3. The minimum Gasteiger partial charge on any atom is -0.321 e. The molecule has 0 saturated heterocycles. The Labute approximate surface area is 102 Å². The zero-order valence-electron chi connectivity index (χ0n) is 10.9. The van der Waals surface area contributed by atoms with Gasteiger partial charge in [-0.05, 0) is 19.3 Å². The lowest BCUT2D eigenvalue weighted by Crippen LogP contribution is -2.61. The normalized spacial score (nSPS) is 19.5. The molecule has 17 heavy (non-hydrogen) atoms. The molecule has 0 aromatic rings. The number of unbranched alkanes of at least 4 members (excludes halogenated alkanes) is 1. The fourth-order valence-electron chi connectivity index (χ4n) is 2.24. The SMILES string of the molecule is CCCC[N+]1=C(N)C(CC)(CC)C(=O)NC1=O. The van der Waals surface area contributed by atoms with Crippen LogP contribution in [-0.2, 0) is 4.79 Å². The van der Waals surface area contributed by atoms with Crippen LogP contribution in [0.3, 0.4) is 0 Å². The minimum absolute atomic E-state index is 0.266. The number of nitrogens with one attached hydrogen (secondary N) is 1. The van der Waals surface area contributed by atoms with Gasteiger partial charge in [0, 0.05) is 0 Å². The smallest absolute Gasteiger partial charge is 0.321 e. The molecule has 96 valence electrons. The Morgan fingerprint density at radius 1 is 1.24 bits per heavy atom. The Morgan fingerprint density at radius 2 is 1.82 bits per heavy atom. The molecule has 0 saturated carbocycles. The summed E-state index contributed by atoms with van der Waals surface area (Å²) in [5.41, 5.74) is 5.34. The number of carbonyl (C=O) groups is 2. The predicted molar refractivity (Wildman–Crippen MR) is 65.8 cm³/mol. The lowest BCUT2D eigenvalue weighted by molar-refractivity contribution is -0.437. The molecular weight excluding hydrogens is 218 g/mol. The van der Waals surface area contributed by atoms with Crippen molar-refractivity contribution in [3.8, 4) is 0 Å². The molecule has 0 aromatic carbocycles. The highest BCUT2D eigenvalue weighted by Gasteiger charge is 2.50. The van der Waals surface area contributed by atoms with Crippen molar-refractivity contribution >= 4 is 17.8 Å². The topological polar surface area (TPSA) is 75.2 Å². The van der Waals surface area contributed by atoms with E-state index in [4.69, 9.17) is 5.73 Å². The number of urea groups is 1. The van der Waals surface area contributed by atoms with Gasteiger partial charge in [-0.3, -0.25) is 4.79 Å². The summed E-state index contributed by atoms with van der Waals surface area (Å²) in [6, 6.07) is -0.390. The van der Waals surface area contributed by atoms with Crippen molar-refractivity contribution < 1.29 is 14.2 Å². The van der Waals surface area contributed by atoms with Crippen LogP contribution >= 0.6 is 0 Å². The summed E-state index contributed by atoms with van der Waals surface area (Å²) >= 11 is 0. The van der Waals surface area contributed by atoms with Crippen LogP contribution in [0.15, 0.2) is 0 Å². The second kappa shape index (κ2) is 5.29. The standard InChI is InChI=1S/C12H21N3O2/c1-4-7-8-15-9(13)12(5-2,6-3)10(16)14-11(15)17/h13H,4-8H2,1-3H3,(H,14,16,17)/p+1. The molecule has 1 heterocycles. The quantitative estimate of drug-likeness (QED) is 0.709. The van der Waals surface area contributed by atoms with E-state index >= 15 is 0 Å². The monoisotopic (exact) mass is 240 g/mol. The molecule has 0 aliphatic carbocycles. The van der Waals surface area contributed by atoms with Gasteiger partial charge in [-0.1, -0.05) is 27.2 Å². The van der Waals surface area contributed by atoms with Crippen LogP contribution in [0.25, 0.3) is 0 Å². The Morgan fingerprint density at radius 3 is 2.29 bits per heavy atom.